The van der Waals surface area contributed by atoms with Crippen LogP contribution in [-0.4, -0.2) is 24.0 Å². The van der Waals surface area contributed by atoms with Crippen molar-refractivity contribution in [2.75, 3.05) is 0 Å². The van der Waals surface area contributed by atoms with Crippen molar-refractivity contribution >= 4 is 28.9 Å². The molecule has 0 radical (unpaired) electrons. The minimum atomic E-state index is -1.11. The van der Waals surface area contributed by atoms with Gasteiger partial charge in [-0.2, -0.15) is 0 Å². The van der Waals surface area contributed by atoms with Gasteiger partial charge in [0.1, 0.15) is 5.58 Å². The fourth-order valence-electron chi connectivity index (χ4n) is 2.20. The second-order valence-electron chi connectivity index (χ2n) is 5.31. The van der Waals surface area contributed by atoms with Crippen LogP contribution in [0.2, 0.25) is 0 Å². The molecule has 7 nitrogen and oxygen atoms in total. The first kappa shape index (κ1) is 16.5. The molecule has 0 unspecified atom stereocenters. The summed E-state index contributed by atoms with van der Waals surface area (Å²) in [5.41, 5.74) is 8.35. The van der Waals surface area contributed by atoms with Gasteiger partial charge in [0.05, 0.1) is 12.7 Å². The van der Waals surface area contributed by atoms with Gasteiger partial charge in [0.15, 0.2) is 6.10 Å². The van der Waals surface area contributed by atoms with Gasteiger partial charge in [0, 0.05) is 10.9 Å². The quantitative estimate of drug-likeness (QED) is 0.834. The number of carbonyl (C=O) groups excluding carboxylic acids is 3. The summed E-state index contributed by atoms with van der Waals surface area (Å²) >= 11 is 0. The molecule has 3 amide bonds. The molecule has 1 aromatic heterocycles. The molecule has 0 saturated carbocycles. The van der Waals surface area contributed by atoms with Crippen LogP contribution in [0.4, 0.5) is 4.79 Å². The largest absolute Gasteiger partial charge is 0.464 e. The number of benzene rings is 1. The smallest absolute Gasteiger partial charge is 0.318 e. The second-order valence-corrected chi connectivity index (χ2v) is 5.31. The van der Waals surface area contributed by atoms with Crippen LogP contribution in [0, 0.1) is 13.8 Å². The lowest BCUT2D eigenvalue weighted by molar-refractivity contribution is -0.153. The molecule has 122 valence electrons. The second kappa shape index (κ2) is 6.51. The van der Waals surface area contributed by atoms with E-state index in [4.69, 9.17) is 14.9 Å². The number of nitrogens with one attached hydrogen (secondary N) is 1. The first-order valence-corrected chi connectivity index (χ1v) is 7.05. The highest BCUT2D eigenvalue weighted by molar-refractivity contribution is 5.96. The van der Waals surface area contributed by atoms with Gasteiger partial charge in [-0.05, 0) is 31.9 Å². The highest BCUT2D eigenvalue weighted by Crippen LogP contribution is 2.26. The minimum absolute atomic E-state index is 0.0380. The van der Waals surface area contributed by atoms with E-state index in [0.29, 0.717) is 5.56 Å². The number of fused-ring (bicyclic) bond motifs is 1. The molecule has 1 heterocycles. The predicted molar refractivity (Wildman–Crippen MR) is 82.7 cm³/mol. The number of esters is 1. The molecule has 7 heteroatoms. The fourth-order valence-corrected chi connectivity index (χ4v) is 2.20. The standard InChI is InChI=1S/C16H18N2O5/c1-8-4-5-12-11(7-22-14(12)9(8)2)6-13(19)23-10(3)15(20)18-16(17)21/h4-5,7,10H,6H2,1-3H3,(H3,17,18,20,21)/t10-/m1/s1. The van der Waals surface area contributed by atoms with Gasteiger partial charge < -0.3 is 14.9 Å². The number of primary amides is 1. The van der Waals surface area contributed by atoms with Crippen molar-refractivity contribution in [1.29, 1.82) is 0 Å². The zero-order valence-corrected chi connectivity index (χ0v) is 13.1. The Morgan fingerprint density at radius 3 is 2.65 bits per heavy atom. The van der Waals surface area contributed by atoms with Gasteiger partial charge in [-0.15, -0.1) is 0 Å². The normalized spacial score (nSPS) is 12.0. The third-order valence-electron chi connectivity index (χ3n) is 3.60. The van der Waals surface area contributed by atoms with E-state index in [9.17, 15) is 14.4 Å². The molecular weight excluding hydrogens is 300 g/mol. The van der Waals surface area contributed by atoms with Gasteiger partial charge >= 0.3 is 12.0 Å². The number of carbonyl (C=O) groups is 3. The van der Waals surface area contributed by atoms with E-state index in [2.05, 4.69) is 0 Å². The average Bonchev–Trinajstić information content (AvgIpc) is 2.85. The monoisotopic (exact) mass is 318 g/mol. The summed E-state index contributed by atoms with van der Waals surface area (Å²) in [6.07, 6.45) is 0.355. The third-order valence-corrected chi connectivity index (χ3v) is 3.60. The van der Waals surface area contributed by atoms with Gasteiger partial charge in [-0.1, -0.05) is 12.1 Å². The number of aryl methyl sites for hydroxylation is 2. The Bertz CT molecular complexity index is 778. The Balaban J connectivity index is 2.08. The molecule has 0 aliphatic heterocycles. The maximum absolute atomic E-state index is 11.9. The number of hydrogen-bond acceptors (Lipinski definition) is 5. The van der Waals surface area contributed by atoms with E-state index in [1.165, 1.54) is 13.2 Å². The molecule has 0 spiro atoms. The van der Waals surface area contributed by atoms with E-state index < -0.39 is 24.0 Å². The molecular formula is C16H18N2O5. The van der Waals surface area contributed by atoms with E-state index >= 15 is 0 Å². The van der Waals surface area contributed by atoms with E-state index in [-0.39, 0.29) is 6.42 Å². The zero-order chi connectivity index (χ0) is 17.1. The summed E-state index contributed by atoms with van der Waals surface area (Å²) in [5, 5.41) is 2.69. The topological polar surface area (TPSA) is 112 Å². The number of rotatable bonds is 4. The number of urea groups is 1. The van der Waals surface area contributed by atoms with Gasteiger partial charge in [-0.25, -0.2) is 4.79 Å². The number of hydrogen-bond donors (Lipinski definition) is 2. The van der Waals surface area contributed by atoms with Crippen molar-refractivity contribution in [3.05, 3.63) is 35.1 Å². The van der Waals surface area contributed by atoms with Gasteiger partial charge in [0.25, 0.3) is 5.91 Å². The van der Waals surface area contributed by atoms with E-state index in [0.717, 1.165) is 22.1 Å². The maximum atomic E-state index is 11.9. The van der Waals surface area contributed by atoms with Crippen molar-refractivity contribution in [3.8, 4) is 0 Å². The molecule has 1 aromatic carbocycles. The number of ether oxygens (including phenoxy) is 1. The molecule has 0 aliphatic rings. The van der Waals surface area contributed by atoms with E-state index in [1.54, 1.807) is 0 Å². The van der Waals surface area contributed by atoms with Crippen LogP contribution < -0.4 is 11.1 Å². The minimum Gasteiger partial charge on any atom is -0.464 e. The van der Waals surface area contributed by atoms with Crippen molar-refractivity contribution in [3.63, 3.8) is 0 Å². The molecule has 0 bridgehead atoms. The maximum Gasteiger partial charge on any atom is 0.318 e. The number of imide groups is 1. The number of furan rings is 1. The Labute approximate surface area is 132 Å². The Morgan fingerprint density at radius 2 is 2.00 bits per heavy atom. The van der Waals surface area contributed by atoms with Crippen LogP contribution in [0.5, 0.6) is 0 Å². The number of nitrogens with two attached hydrogens (primary N) is 1. The van der Waals surface area contributed by atoms with Crippen molar-refractivity contribution < 1.29 is 23.5 Å². The first-order valence-electron chi connectivity index (χ1n) is 7.05. The fraction of sp³-hybridized carbons (Fsp3) is 0.312. The lowest BCUT2D eigenvalue weighted by Gasteiger charge is -2.11. The molecule has 1 atom stereocenters. The first-order chi connectivity index (χ1) is 10.8. The summed E-state index contributed by atoms with van der Waals surface area (Å²) in [5.74, 6) is -1.37. The molecule has 0 fully saturated rings. The van der Waals surface area contributed by atoms with Gasteiger partial charge in [-0.3, -0.25) is 14.9 Å². The Morgan fingerprint density at radius 1 is 1.30 bits per heavy atom. The number of amides is 3. The molecule has 0 saturated heterocycles. The van der Waals surface area contributed by atoms with Crippen molar-refractivity contribution in [2.24, 2.45) is 5.73 Å². The highest BCUT2D eigenvalue weighted by Gasteiger charge is 2.20. The van der Waals surface area contributed by atoms with Crippen LogP contribution in [0.1, 0.15) is 23.6 Å². The van der Waals surface area contributed by atoms with Crippen LogP contribution >= 0.6 is 0 Å². The van der Waals surface area contributed by atoms with Crippen molar-refractivity contribution in [1.82, 2.24) is 5.32 Å². The summed E-state index contributed by atoms with van der Waals surface area (Å²) in [6, 6.07) is 2.84. The summed E-state index contributed by atoms with van der Waals surface area (Å²) in [7, 11) is 0. The zero-order valence-electron chi connectivity index (χ0n) is 13.1. The lowest BCUT2D eigenvalue weighted by Crippen LogP contribution is -2.42. The molecule has 2 aromatic rings. The summed E-state index contributed by atoms with van der Waals surface area (Å²) in [4.78, 5) is 34.0. The summed E-state index contributed by atoms with van der Waals surface area (Å²) < 4.78 is 10.5. The SMILES string of the molecule is Cc1ccc2c(CC(=O)O[C@H](C)C(=O)NC(N)=O)coc2c1C. The van der Waals surface area contributed by atoms with Crippen molar-refractivity contribution in [2.45, 2.75) is 33.3 Å². The van der Waals surface area contributed by atoms with Crippen LogP contribution in [-0.2, 0) is 20.7 Å². The third kappa shape index (κ3) is 3.68. The predicted octanol–water partition coefficient (Wildman–Crippen LogP) is 1.72. The summed E-state index contributed by atoms with van der Waals surface area (Å²) in [6.45, 7) is 5.28. The lowest BCUT2D eigenvalue weighted by atomic mass is 10.0. The molecule has 3 N–H and O–H groups in total. The van der Waals surface area contributed by atoms with Crippen LogP contribution in [0.25, 0.3) is 11.0 Å². The van der Waals surface area contributed by atoms with Crippen LogP contribution in [0.3, 0.4) is 0 Å². The van der Waals surface area contributed by atoms with Crippen LogP contribution in [0.15, 0.2) is 22.8 Å². The Hall–Kier alpha value is -2.83. The Kier molecular flexibility index (Phi) is 4.68. The van der Waals surface area contributed by atoms with Gasteiger partial charge in [0.2, 0.25) is 0 Å². The molecule has 0 aliphatic carbocycles. The molecule has 2 rings (SSSR count). The highest BCUT2D eigenvalue weighted by atomic mass is 16.5. The average molecular weight is 318 g/mol. The van der Waals surface area contributed by atoms with E-state index in [1.807, 2.05) is 31.3 Å². The molecule has 23 heavy (non-hydrogen) atoms.